The van der Waals surface area contributed by atoms with E-state index in [1.165, 1.54) is 32.1 Å². The van der Waals surface area contributed by atoms with Crippen LogP contribution in [0.2, 0.25) is 0 Å². The van der Waals surface area contributed by atoms with Crippen molar-refractivity contribution in [2.75, 3.05) is 13.6 Å². The molecule has 0 bridgehead atoms. The Kier molecular flexibility index (Phi) is 3.51. The number of nitriles is 1. The van der Waals surface area contributed by atoms with Gasteiger partial charge in [-0.1, -0.05) is 19.3 Å². The summed E-state index contributed by atoms with van der Waals surface area (Å²) in [6, 6.07) is 3.63. The summed E-state index contributed by atoms with van der Waals surface area (Å²) in [5.74, 6) is 0. The number of hydrogen-bond acceptors (Lipinski definition) is 3. The van der Waals surface area contributed by atoms with E-state index in [-0.39, 0.29) is 5.54 Å². The van der Waals surface area contributed by atoms with Crippen molar-refractivity contribution < 1.29 is 0 Å². The zero-order valence-electron chi connectivity index (χ0n) is 10.5. The fourth-order valence-corrected chi connectivity index (χ4v) is 3.16. The van der Waals surface area contributed by atoms with Gasteiger partial charge in [0, 0.05) is 18.6 Å². The minimum absolute atomic E-state index is 0.282. The van der Waals surface area contributed by atoms with Gasteiger partial charge < -0.3 is 4.90 Å². The Bertz CT molecular complexity index is 265. The molecule has 2 fully saturated rings. The van der Waals surface area contributed by atoms with Gasteiger partial charge in [0.25, 0.3) is 0 Å². The lowest BCUT2D eigenvalue weighted by molar-refractivity contribution is 0.284. The first kappa shape index (κ1) is 11.9. The van der Waals surface area contributed by atoms with Gasteiger partial charge in [-0.2, -0.15) is 5.26 Å². The van der Waals surface area contributed by atoms with Crippen molar-refractivity contribution in [2.45, 2.75) is 63.1 Å². The number of nitrogens with zero attached hydrogens (tertiary/aromatic N) is 2. The predicted octanol–water partition coefficient (Wildman–Crippen LogP) is 1.90. The van der Waals surface area contributed by atoms with Crippen LogP contribution in [0.3, 0.4) is 0 Å². The predicted molar refractivity (Wildman–Crippen MR) is 65.1 cm³/mol. The summed E-state index contributed by atoms with van der Waals surface area (Å²) in [5, 5.41) is 13.1. The first-order chi connectivity index (χ1) is 7.65. The number of likely N-dealkylation sites (tertiary alicyclic amines) is 1. The lowest BCUT2D eigenvalue weighted by atomic mass is 9.90. The van der Waals surface area contributed by atoms with Crippen LogP contribution in [0.15, 0.2) is 0 Å². The second kappa shape index (κ2) is 4.73. The van der Waals surface area contributed by atoms with Crippen molar-refractivity contribution in [2.24, 2.45) is 0 Å². The Morgan fingerprint density at radius 1 is 1.31 bits per heavy atom. The number of likely N-dealkylation sites (N-methyl/N-ethyl adjacent to an activating group) is 1. The summed E-state index contributed by atoms with van der Waals surface area (Å²) in [5.41, 5.74) is -0.282. The van der Waals surface area contributed by atoms with Crippen molar-refractivity contribution in [3.8, 4) is 6.07 Å². The second-order valence-corrected chi connectivity index (χ2v) is 5.64. The molecule has 1 aliphatic heterocycles. The van der Waals surface area contributed by atoms with Crippen LogP contribution in [0.25, 0.3) is 0 Å². The molecule has 0 aromatic heterocycles. The molecule has 16 heavy (non-hydrogen) atoms. The van der Waals surface area contributed by atoms with Gasteiger partial charge in [-0.3, -0.25) is 5.32 Å². The third kappa shape index (κ3) is 2.39. The van der Waals surface area contributed by atoms with Gasteiger partial charge in [0.15, 0.2) is 0 Å². The monoisotopic (exact) mass is 221 g/mol. The van der Waals surface area contributed by atoms with E-state index in [0.29, 0.717) is 12.1 Å². The van der Waals surface area contributed by atoms with Crippen LogP contribution >= 0.6 is 0 Å². The molecule has 2 aliphatic rings. The Morgan fingerprint density at radius 3 is 2.50 bits per heavy atom. The largest absolute Gasteiger partial charge is 0.301 e. The van der Waals surface area contributed by atoms with Gasteiger partial charge >= 0.3 is 0 Å². The molecule has 1 saturated carbocycles. The van der Waals surface area contributed by atoms with Crippen LogP contribution in [-0.4, -0.2) is 36.1 Å². The molecule has 2 unspecified atom stereocenters. The quantitative estimate of drug-likeness (QED) is 0.774. The SMILES string of the molecule is CC1CC(C#N)(NC2CCCCC2)CN1C. The Labute approximate surface area is 98.8 Å². The van der Waals surface area contributed by atoms with Crippen molar-refractivity contribution in [3.63, 3.8) is 0 Å². The topological polar surface area (TPSA) is 39.1 Å². The highest BCUT2D eigenvalue weighted by Gasteiger charge is 2.42. The average Bonchev–Trinajstić information content (AvgIpc) is 2.56. The second-order valence-electron chi connectivity index (χ2n) is 5.64. The summed E-state index contributed by atoms with van der Waals surface area (Å²) >= 11 is 0. The fourth-order valence-electron chi connectivity index (χ4n) is 3.16. The van der Waals surface area contributed by atoms with E-state index in [4.69, 9.17) is 0 Å². The zero-order chi connectivity index (χ0) is 11.6. The van der Waals surface area contributed by atoms with Crippen LogP contribution in [0.5, 0.6) is 0 Å². The van der Waals surface area contributed by atoms with Crippen LogP contribution < -0.4 is 5.32 Å². The van der Waals surface area contributed by atoms with Crippen LogP contribution in [0, 0.1) is 11.3 Å². The van der Waals surface area contributed by atoms with Crippen LogP contribution in [-0.2, 0) is 0 Å². The van der Waals surface area contributed by atoms with E-state index in [1.807, 2.05) is 0 Å². The first-order valence-electron chi connectivity index (χ1n) is 6.54. The van der Waals surface area contributed by atoms with Gasteiger partial charge in [-0.05, 0) is 33.2 Å². The Morgan fingerprint density at radius 2 is 2.00 bits per heavy atom. The molecule has 1 N–H and O–H groups in total. The number of rotatable bonds is 2. The van der Waals surface area contributed by atoms with Crippen molar-refractivity contribution >= 4 is 0 Å². The van der Waals surface area contributed by atoms with Gasteiger partial charge in [-0.15, -0.1) is 0 Å². The average molecular weight is 221 g/mol. The maximum atomic E-state index is 9.44. The molecule has 3 heteroatoms. The summed E-state index contributed by atoms with van der Waals surface area (Å²) in [6.45, 7) is 3.09. The molecule has 0 aromatic carbocycles. The van der Waals surface area contributed by atoms with Crippen molar-refractivity contribution in [1.29, 1.82) is 5.26 Å². The van der Waals surface area contributed by atoms with E-state index in [0.717, 1.165) is 13.0 Å². The summed E-state index contributed by atoms with van der Waals surface area (Å²) in [4.78, 5) is 2.29. The van der Waals surface area contributed by atoms with E-state index >= 15 is 0 Å². The molecule has 0 amide bonds. The van der Waals surface area contributed by atoms with Crippen LogP contribution in [0.4, 0.5) is 0 Å². The molecule has 1 heterocycles. The lowest BCUT2D eigenvalue weighted by Gasteiger charge is -2.31. The van der Waals surface area contributed by atoms with Crippen LogP contribution in [0.1, 0.15) is 45.4 Å². The van der Waals surface area contributed by atoms with Gasteiger partial charge in [0.2, 0.25) is 0 Å². The molecule has 0 spiro atoms. The van der Waals surface area contributed by atoms with E-state index in [2.05, 4.69) is 30.3 Å². The third-order valence-electron chi connectivity index (χ3n) is 4.22. The molecular formula is C13H23N3. The number of nitrogens with one attached hydrogen (secondary N) is 1. The summed E-state index contributed by atoms with van der Waals surface area (Å²) in [6.07, 6.45) is 7.49. The molecule has 3 nitrogen and oxygen atoms in total. The Hall–Kier alpha value is -0.590. The van der Waals surface area contributed by atoms with Crippen molar-refractivity contribution in [1.82, 2.24) is 10.2 Å². The van der Waals surface area contributed by atoms with E-state index < -0.39 is 0 Å². The molecule has 90 valence electrons. The third-order valence-corrected chi connectivity index (χ3v) is 4.22. The highest BCUT2D eigenvalue weighted by atomic mass is 15.2. The van der Waals surface area contributed by atoms with Gasteiger partial charge in [-0.25, -0.2) is 0 Å². The standard InChI is InChI=1S/C13H23N3/c1-11-8-13(9-14,10-16(11)2)15-12-6-4-3-5-7-12/h11-12,15H,3-8,10H2,1-2H3. The normalized spacial score (nSPS) is 37.4. The highest BCUT2D eigenvalue weighted by molar-refractivity contribution is 5.15. The molecule has 1 aliphatic carbocycles. The molecule has 0 radical (unpaired) electrons. The minimum Gasteiger partial charge on any atom is -0.301 e. The molecular weight excluding hydrogens is 198 g/mol. The maximum absolute atomic E-state index is 9.44. The summed E-state index contributed by atoms with van der Waals surface area (Å²) in [7, 11) is 2.12. The Balaban J connectivity index is 1.97. The zero-order valence-corrected chi connectivity index (χ0v) is 10.5. The molecule has 0 aromatic rings. The van der Waals surface area contributed by atoms with E-state index in [9.17, 15) is 5.26 Å². The minimum atomic E-state index is -0.282. The molecule has 2 atom stereocenters. The maximum Gasteiger partial charge on any atom is 0.121 e. The van der Waals surface area contributed by atoms with Gasteiger partial charge in [0.1, 0.15) is 5.54 Å². The fraction of sp³-hybridized carbons (Fsp3) is 0.923. The molecule has 1 saturated heterocycles. The highest BCUT2D eigenvalue weighted by Crippen LogP contribution is 2.28. The van der Waals surface area contributed by atoms with Crippen molar-refractivity contribution in [3.05, 3.63) is 0 Å². The lowest BCUT2D eigenvalue weighted by Crippen LogP contribution is -2.51. The number of hydrogen-bond donors (Lipinski definition) is 1. The first-order valence-corrected chi connectivity index (χ1v) is 6.54. The van der Waals surface area contributed by atoms with Gasteiger partial charge in [0.05, 0.1) is 6.07 Å². The smallest absolute Gasteiger partial charge is 0.121 e. The molecule has 2 rings (SSSR count). The summed E-state index contributed by atoms with van der Waals surface area (Å²) < 4.78 is 0. The van der Waals surface area contributed by atoms with E-state index in [1.54, 1.807) is 0 Å².